The summed E-state index contributed by atoms with van der Waals surface area (Å²) in [4.78, 5) is 34.1. The number of guanidine groups is 1. The minimum Gasteiger partial charge on any atom is -0.477 e. The minimum atomic E-state index is -1.22. The molecule has 0 radical (unpaired) electrons. The molecule has 0 bridgehead atoms. The van der Waals surface area contributed by atoms with Gasteiger partial charge in [-0.15, -0.1) is 0 Å². The van der Waals surface area contributed by atoms with Gasteiger partial charge < -0.3 is 30.2 Å². The van der Waals surface area contributed by atoms with E-state index >= 15 is 0 Å². The van der Waals surface area contributed by atoms with Crippen LogP contribution in [0.15, 0.2) is 35.4 Å². The summed E-state index contributed by atoms with van der Waals surface area (Å²) in [6.07, 6.45) is 5.17. The molecule has 2 aliphatic rings. The molecule has 6 N–H and O–H groups in total. The van der Waals surface area contributed by atoms with Gasteiger partial charge in [-0.05, 0) is 36.1 Å². The van der Waals surface area contributed by atoms with E-state index in [0.29, 0.717) is 44.2 Å². The molecule has 3 heterocycles. The predicted molar refractivity (Wildman–Crippen MR) is 135 cm³/mol. The van der Waals surface area contributed by atoms with Gasteiger partial charge in [-0.2, -0.15) is 0 Å². The number of pyridine rings is 2. The standard InChI is InChI=1S/C25H28N6O6/c26-25(27)30-37-8-7-35-6-5-28-21-9-14-12-36-13-20-16(18(14)10-29-21)3-4-17-22(20)31(15-1-2-15)11-19(23(17)32)24(33)34/h3-4,9-11,15H,1-2,5-8,12-13H2,(H,28,29)(H,33,34)(H4,26,27,30). The number of nitrogens with zero attached hydrogens (tertiary/aromatic N) is 2. The number of fused-ring (bicyclic) bond motifs is 5. The Morgan fingerprint density at radius 2 is 2.08 bits per heavy atom. The molecule has 0 amide bonds. The van der Waals surface area contributed by atoms with Crippen LogP contribution in [0.2, 0.25) is 0 Å². The van der Waals surface area contributed by atoms with E-state index in [1.807, 2.05) is 16.7 Å². The zero-order valence-corrected chi connectivity index (χ0v) is 20.1. The molecule has 2 aromatic heterocycles. The molecule has 0 spiro atoms. The second-order valence-corrected chi connectivity index (χ2v) is 8.93. The zero-order valence-electron chi connectivity index (χ0n) is 20.1. The highest BCUT2D eigenvalue weighted by atomic mass is 16.7. The van der Waals surface area contributed by atoms with E-state index in [1.54, 1.807) is 12.3 Å². The van der Waals surface area contributed by atoms with Crippen molar-refractivity contribution in [3.05, 3.63) is 57.5 Å². The van der Waals surface area contributed by atoms with Crippen molar-refractivity contribution in [3.63, 3.8) is 0 Å². The molecule has 194 valence electrons. The Kier molecular flexibility index (Phi) is 7.04. The Morgan fingerprint density at radius 1 is 1.24 bits per heavy atom. The van der Waals surface area contributed by atoms with E-state index in [-0.39, 0.29) is 24.2 Å². The van der Waals surface area contributed by atoms with Crippen LogP contribution < -0.4 is 22.0 Å². The Hall–Kier alpha value is -4.00. The second kappa shape index (κ2) is 10.5. The van der Waals surface area contributed by atoms with Crippen LogP contribution in [0.1, 0.15) is 40.4 Å². The molecular formula is C25H28N6O6. The fourth-order valence-corrected chi connectivity index (χ4v) is 4.51. The lowest BCUT2D eigenvalue weighted by molar-refractivity contribution is 0.0235. The summed E-state index contributed by atoms with van der Waals surface area (Å²) in [6, 6.07) is 5.70. The number of carboxylic acid groups (broad SMARTS) is 1. The van der Waals surface area contributed by atoms with Gasteiger partial charge in [0.1, 0.15) is 11.4 Å². The minimum absolute atomic E-state index is 0.180. The number of nitrogens with two attached hydrogens (primary N) is 1. The van der Waals surface area contributed by atoms with Crippen molar-refractivity contribution in [2.75, 3.05) is 31.7 Å². The van der Waals surface area contributed by atoms with Gasteiger partial charge in [0.25, 0.3) is 0 Å². The Bertz CT molecular complexity index is 1420. The number of aromatic nitrogens is 2. The lowest BCUT2D eigenvalue weighted by Gasteiger charge is -2.17. The van der Waals surface area contributed by atoms with E-state index in [2.05, 4.69) is 15.8 Å². The number of carboxylic acids is 1. The predicted octanol–water partition coefficient (Wildman–Crippen LogP) is 1.97. The number of aromatic carboxylic acids is 1. The summed E-state index contributed by atoms with van der Waals surface area (Å²) in [7, 11) is 0. The number of nitrogens with one attached hydrogen (secondary N) is 3. The quantitative estimate of drug-likeness (QED) is 0.118. The highest BCUT2D eigenvalue weighted by molar-refractivity contribution is 5.96. The molecule has 37 heavy (non-hydrogen) atoms. The van der Waals surface area contributed by atoms with Crippen LogP contribution >= 0.6 is 0 Å². The number of carbonyl (C=O) groups is 1. The SMILES string of the molecule is N=C(N)NOCCOCCNc1cc2c(cn1)-c1ccc3c(=O)c(C(=O)O)cn(C4CC4)c3c1COC2. The largest absolute Gasteiger partial charge is 0.477 e. The zero-order chi connectivity index (χ0) is 25.9. The van der Waals surface area contributed by atoms with E-state index in [0.717, 1.165) is 40.6 Å². The van der Waals surface area contributed by atoms with Crippen LogP contribution in [0.25, 0.3) is 22.0 Å². The summed E-state index contributed by atoms with van der Waals surface area (Å²) in [6.45, 7) is 2.25. The smallest absolute Gasteiger partial charge is 0.341 e. The van der Waals surface area contributed by atoms with E-state index in [4.69, 9.17) is 25.5 Å². The van der Waals surface area contributed by atoms with Crippen molar-refractivity contribution in [2.24, 2.45) is 5.73 Å². The number of hydrogen-bond donors (Lipinski definition) is 5. The number of hydroxylamine groups is 1. The van der Waals surface area contributed by atoms with Crippen LogP contribution in [-0.4, -0.2) is 53.0 Å². The highest BCUT2D eigenvalue weighted by Gasteiger charge is 2.29. The van der Waals surface area contributed by atoms with Crippen LogP contribution in [-0.2, 0) is 27.5 Å². The van der Waals surface area contributed by atoms with Gasteiger partial charge in [-0.25, -0.2) is 15.3 Å². The average molecular weight is 509 g/mol. The number of rotatable bonds is 10. The molecule has 12 nitrogen and oxygen atoms in total. The van der Waals surface area contributed by atoms with E-state index < -0.39 is 11.4 Å². The Morgan fingerprint density at radius 3 is 2.84 bits per heavy atom. The maximum Gasteiger partial charge on any atom is 0.341 e. The number of hydrogen-bond acceptors (Lipinski definition) is 8. The molecule has 1 aromatic carbocycles. The van der Waals surface area contributed by atoms with Gasteiger partial charge >= 0.3 is 5.97 Å². The van der Waals surface area contributed by atoms with Crippen LogP contribution in [0.3, 0.4) is 0 Å². The monoisotopic (exact) mass is 508 g/mol. The van der Waals surface area contributed by atoms with Crippen molar-refractivity contribution in [1.29, 1.82) is 5.41 Å². The first-order valence-electron chi connectivity index (χ1n) is 12.0. The first-order chi connectivity index (χ1) is 17.9. The van der Waals surface area contributed by atoms with Crippen molar-refractivity contribution < 1.29 is 24.2 Å². The fraction of sp³-hybridized carbons (Fsp3) is 0.360. The molecule has 1 aliphatic heterocycles. The summed E-state index contributed by atoms with van der Waals surface area (Å²) >= 11 is 0. The van der Waals surface area contributed by atoms with Crippen molar-refractivity contribution in [1.82, 2.24) is 15.0 Å². The highest BCUT2D eigenvalue weighted by Crippen LogP contribution is 2.41. The maximum atomic E-state index is 13.0. The molecule has 1 fully saturated rings. The van der Waals surface area contributed by atoms with Gasteiger partial charge in [-0.3, -0.25) is 15.0 Å². The molecular weight excluding hydrogens is 480 g/mol. The van der Waals surface area contributed by atoms with Crippen molar-refractivity contribution in [3.8, 4) is 11.1 Å². The molecule has 0 saturated heterocycles. The molecule has 1 saturated carbocycles. The van der Waals surface area contributed by atoms with Crippen LogP contribution in [0, 0.1) is 5.41 Å². The maximum absolute atomic E-state index is 13.0. The molecule has 0 atom stereocenters. The first-order valence-corrected chi connectivity index (χ1v) is 12.0. The fourth-order valence-electron chi connectivity index (χ4n) is 4.51. The molecule has 3 aromatic rings. The molecule has 12 heteroatoms. The number of anilines is 1. The first kappa shape index (κ1) is 24.7. The molecule has 0 unspecified atom stereocenters. The lowest BCUT2D eigenvalue weighted by Crippen LogP contribution is -2.31. The number of benzene rings is 1. The van der Waals surface area contributed by atoms with Gasteiger partial charge in [0.15, 0.2) is 0 Å². The van der Waals surface area contributed by atoms with Crippen LogP contribution in [0.4, 0.5) is 5.82 Å². The van der Waals surface area contributed by atoms with Gasteiger partial charge in [0, 0.05) is 41.5 Å². The van der Waals surface area contributed by atoms with E-state index in [9.17, 15) is 14.7 Å². The Labute approximate surface area is 211 Å². The number of ether oxygens (including phenoxy) is 2. The van der Waals surface area contributed by atoms with Crippen molar-refractivity contribution in [2.45, 2.75) is 32.1 Å². The van der Waals surface area contributed by atoms with Gasteiger partial charge in [0.2, 0.25) is 11.4 Å². The summed E-state index contributed by atoms with van der Waals surface area (Å²) in [5.74, 6) is -0.795. The van der Waals surface area contributed by atoms with Crippen molar-refractivity contribution >= 4 is 28.6 Å². The molecule has 5 rings (SSSR count). The second-order valence-electron chi connectivity index (χ2n) is 8.93. The third kappa shape index (κ3) is 5.26. The van der Waals surface area contributed by atoms with Gasteiger partial charge in [0.05, 0.1) is 38.6 Å². The van der Waals surface area contributed by atoms with Gasteiger partial charge in [-0.1, -0.05) is 6.07 Å². The third-order valence-electron chi connectivity index (χ3n) is 6.32. The third-order valence-corrected chi connectivity index (χ3v) is 6.32. The summed E-state index contributed by atoms with van der Waals surface area (Å²) in [5, 5.41) is 20.2. The summed E-state index contributed by atoms with van der Waals surface area (Å²) < 4.78 is 13.4. The summed E-state index contributed by atoms with van der Waals surface area (Å²) in [5.41, 5.74) is 11.1. The topological polar surface area (TPSA) is 174 Å². The van der Waals surface area contributed by atoms with E-state index in [1.165, 1.54) is 6.20 Å². The lowest BCUT2D eigenvalue weighted by atomic mass is 9.95. The normalized spacial score (nSPS) is 14.5. The van der Waals surface area contributed by atoms with Crippen LogP contribution in [0.5, 0.6) is 0 Å². The molecule has 1 aliphatic carbocycles. The Balaban J connectivity index is 1.36. The average Bonchev–Trinajstić information content (AvgIpc) is 3.72.